The molecule has 3 aromatic rings. The van der Waals surface area contributed by atoms with Crippen LogP contribution in [0, 0.1) is 0 Å². The summed E-state index contributed by atoms with van der Waals surface area (Å²) in [7, 11) is 0. The van der Waals surface area contributed by atoms with Crippen molar-refractivity contribution >= 4 is 38.1 Å². The van der Waals surface area contributed by atoms with E-state index in [1.165, 1.54) is 0 Å². The first-order valence-electron chi connectivity index (χ1n) is 5.98. The van der Waals surface area contributed by atoms with Gasteiger partial charge in [0.1, 0.15) is 5.75 Å². The predicted molar refractivity (Wildman–Crippen MR) is 86.6 cm³/mol. The molecular weight excluding hydrogens is 336 g/mol. The van der Waals surface area contributed by atoms with Crippen molar-refractivity contribution in [1.82, 2.24) is 4.98 Å². The maximum atomic E-state index is 9.25. The van der Waals surface area contributed by atoms with Crippen molar-refractivity contribution < 1.29 is 5.11 Å². The van der Waals surface area contributed by atoms with Crippen LogP contribution in [0.3, 0.4) is 0 Å². The van der Waals surface area contributed by atoms with Crippen molar-refractivity contribution in [2.75, 3.05) is 5.32 Å². The summed E-state index contributed by atoms with van der Waals surface area (Å²) in [5, 5.41) is 15.3. The molecule has 0 radical (unpaired) electrons. The van der Waals surface area contributed by atoms with E-state index in [-0.39, 0.29) is 5.75 Å². The third kappa shape index (κ3) is 3.00. The van der Waals surface area contributed by atoms with Crippen LogP contribution < -0.4 is 5.32 Å². The average Bonchev–Trinajstić information content (AvgIpc) is 2.91. The molecule has 2 aromatic carbocycles. The minimum Gasteiger partial charge on any atom is -0.508 e. The highest BCUT2D eigenvalue weighted by molar-refractivity contribution is 9.10. The summed E-state index contributed by atoms with van der Waals surface area (Å²) in [4.78, 5) is 4.56. The molecule has 0 aliphatic rings. The van der Waals surface area contributed by atoms with Crippen LogP contribution in [0.25, 0.3) is 11.3 Å². The van der Waals surface area contributed by atoms with E-state index in [2.05, 4.69) is 26.2 Å². The number of hydrogen-bond acceptors (Lipinski definition) is 4. The SMILES string of the molecule is Oc1ccc(Nc2nc(-c3ccc(Br)cc3)cs2)cc1. The lowest BCUT2D eigenvalue weighted by molar-refractivity contribution is 0.475. The van der Waals surface area contributed by atoms with Gasteiger partial charge in [-0.25, -0.2) is 4.98 Å². The number of phenolic OH excluding ortho intramolecular Hbond substituents is 1. The quantitative estimate of drug-likeness (QED) is 0.654. The Morgan fingerprint density at radius 1 is 1.00 bits per heavy atom. The maximum absolute atomic E-state index is 9.25. The molecule has 1 heterocycles. The summed E-state index contributed by atoms with van der Waals surface area (Å²) in [5.74, 6) is 0.255. The Labute approximate surface area is 129 Å². The van der Waals surface area contributed by atoms with Gasteiger partial charge >= 0.3 is 0 Å². The van der Waals surface area contributed by atoms with E-state index in [1.807, 2.05) is 41.8 Å². The topological polar surface area (TPSA) is 45.1 Å². The van der Waals surface area contributed by atoms with Gasteiger partial charge in [0.25, 0.3) is 0 Å². The highest BCUT2D eigenvalue weighted by atomic mass is 79.9. The molecule has 0 saturated heterocycles. The lowest BCUT2D eigenvalue weighted by Gasteiger charge is -2.02. The van der Waals surface area contributed by atoms with Gasteiger partial charge in [0, 0.05) is 21.1 Å². The summed E-state index contributed by atoms with van der Waals surface area (Å²) in [6, 6.07) is 15.0. The fourth-order valence-corrected chi connectivity index (χ4v) is 2.76. The minimum absolute atomic E-state index is 0.255. The van der Waals surface area contributed by atoms with Gasteiger partial charge in [-0.15, -0.1) is 11.3 Å². The number of nitrogens with zero attached hydrogens (tertiary/aromatic N) is 1. The molecule has 5 heteroatoms. The first-order chi connectivity index (χ1) is 9.70. The molecule has 20 heavy (non-hydrogen) atoms. The van der Waals surface area contributed by atoms with Gasteiger partial charge in [0.2, 0.25) is 0 Å². The van der Waals surface area contributed by atoms with Gasteiger partial charge in [-0.2, -0.15) is 0 Å². The molecule has 0 saturated carbocycles. The molecule has 100 valence electrons. The number of nitrogens with one attached hydrogen (secondary N) is 1. The van der Waals surface area contributed by atoms with E-state index >= 15 is 0 Å². The number of benzene rings is 2. The van der Waals surface area contributed by atoms with Crippen LogP contribution in [0.2, 0.25) is 0 Å². The molecule has 0 amide bonds. The molecule has 1 aromatic heterocycles. The number of halogens is 1. The Morgan fingerprint density at radius 2 is 1.70 bits per heavy atom. The number of thiazole rings is 1. The Balaban J connectivity index is 1.80. The van der Waals surface area contributed by atoms with Crippen LogP contribution in [0.4, 0.5) is 10.8 Å². The number of aromatic nitrogens is 1. The lowest BCUT2D eigenvalue weighted by Crippen LogP contribution is -1.88. The van der Waals surface area contributed by atoms with E-state index in [4.69, 9.17) is 0 Å². The maximum Gasteiger partial charge on any atom is 0.187 e. The standard InChI is InChI=1S/C15H11BrN2OS/c16-11-3-1-10(2-4-11)14-9-20-15(18-14)17-12-5-7-13(19)8-6-12/h1-9,19H,(H,17,18). The zero-order valence-electron chi connectivity index (χ0n) is 10.4. The summed E-state index contributed by atoms with van der Waals surface area (Å²) >= 11 is 4.97. The number of anilines is 2. The van der Waals surface area contributed by atoms with Crippen LogP contribution in [0.5, 0.6) is 5.75 Å². The van der Waals surface area contributed by atoms with Gasteiger partial charge in [0.15, 0.2) is 5.13 Å². The molecule has 0 bridgehead atoms. The second kappa shape index (κ2) is 5.64. The fourth-order valence-electron chi connectivity index (χ4n) is 1.75. The monoisotopic (exact) mass is 346 g/mol. The van der Waals surface area contributed by atoms with Crippen LogP contribution in [0.15, 0.2) is 58.4 Å². The highest BCUT2D eigenvalue weighted by Crippen LogP contribution is 2.28. The summed E-state index contributed by atoms with van der Waals surface area (Å²) < 4.78 is 1.05. The van der Waals surface area contributed by atoms with Gasteiger partial charge in [0.05, 0.1) is 5.69 Å². The minimum atomic E-state index is 0.255. The van der Waals surface area contributed by atoms with E-state index in [1.54, 1.807) is 23.5 Å². The van der Waals surface area contributed by atoms with Crippen LogP contribution in [-0.4, -0.2) is 10.1 Å². The molecule has 0 unspecified atom stereocenters. The van der Waals surface area contributed by atoms with Gasteiger partial charge in [-0.3, -0.25) is 0 Å². The molecule has 0 atom stereocenters. The third-order valence-corrected chi connectivity index (χ3v) is 4.05. The smallest absolute Gasteiger partial charge is 0.187 e. The number of phenols is 1. The zero-order valence-corrected chi connectivity index (χ0v) is 12.8. The summed E-state index contributed by atoms with van der Waals surface area (Å²) in [6.45, 7) is 0. The van der Waals surface area contributed by atoms with Crippen molar-refractivity contribution in [3.05, 3.63) is 58.4 Å². The fraction of sp³-hybridized carbons (Fsp3) is 0. The van der Waals surface area contributed by atoms with Crippen LogP contribution in [-0.2, 0) is 0 Å². The Morgan fingerprint density at radius 3 is 2.40 bits per heavy atom. The van der Waals surface area contributed by atoms with Gasteiger partial charge in [-0.05, 0) is 36.4 Å². The summed E-state index contributed by atoms with van der Waals surface area (Å²) in [5.41, 5.74) is 2.94. The lowest BCUT2D eigenvalue weighted by atomic mass is 10.2. The highest BCUT2D eigenvalue weighted by Gasteiger charge is 2.04. The first-order valence-corrected chi connectivity index (χ1v) is 7.65. The molecule has 3 rings (SSSR count). The van der Waals surface area contributed by atoms with E-state index < -0.39 is 0 Å². The normalized spacial score (nSPS) is 10.4. The Hall–Kier alpha value is -1.85. The predicted octanol–water partition coefficient (Wildman–Crippen LogP) is 5.02. The molecule has 3 nitrogen and oxygen atoms in total. The second-order valence-electron chi connectivity index (χ2n) is 4.22. The molecule has 0 aliphatic carbocycles. The van der Waals surface area contributed by atoms with E-state index in [9.17, 15) is 5.11 Å². The first kappa shape index (κ1) is 13.1. The van der Waals surface area contributed by atoms with Gasteiger partial charge in [-0.1, -0.05) is 28.1 Å². The molecular formula is C15H11BrN2OS. The van der Waals surface area contributed by atoms with Crippen molar-refractivity contribution in [2.24, 2.45) is 0 Å². The van der Waals surface area contributed by atoms with E-state index in [0.29, 0.717) is 0 Å². The zero-order chi connectivity index (χ0) is 13.9. The number of rotatable bonds is 3. The van der Waals surface area contributed by atoms with Crippen molar-refractivity contribution in [2.45, 2.75) is 0 Å². The second-order valence-corrected chi connectivity index (χ2v) is 5.99. The molecule has 2 N–H and O–H groups in total. The average molecular weight is 347 g/mol. The van der Waals surface area contributed by atoms with E-state index in [0.717, 1.165) is 26.5 Å². The largest absolute Gasteiger partial charge is 0.508 e. The third-order valence-electron chi connectivity index (χ3n) is 2.76. The van der Waals surface area contributed by atoms with Gasteiger partial charge < -0.3 is 10.4 Å². The van der Waals surface area contributed by atoms with Crippen LogP contribution in [0.1, 0.15) is 0 Å². The molecule has 0 fully saturated rings. The molecule has 0 spiro atoms. The Bertz CT molecular complexity index is 707. The van der Waals surface area contributed by atoms with Crippen molar-refractivity contribution in [3.8, 4) is 17.0 Å². The Kier molecular flexibility index (Phi) is 3.71. The number of hydrogen-bond donors (Lipinski definition) is 2. The summed E-state index contributed by atoms with van der Waals surface area (Å²) in [6.07, 6.45) is 0. The van der Waals surface area contributed by atoms with Crippen LogP contribution >= 0.6 is 27.3 Å². The van der Waals surface area contributed by atoms with Crippen molar-refractivity contribution in [3.63, 3.8) is 0 Å². The van der Waals surface area contributed by atoms with Crippen molar-refractivity contribution in [1.29, 1.82) is 0 Å². The number of aromatic hydroxyl groups is 1. The molecule has 0 aliphatic heterocycles.